The molecule has 1 aromatic carbocycles. The van der Waals surface area contributed by atoms with Crippen molar-refractivity contribution in [3.8, 4) is 11.5 Å². The Hall–Kier alpha value is -2.19. The number of hydrogen-bond acceptors (Lipinski definition) is 7. The second kappa shape index (κ2) is 8.44. The number of ether oxygens (including phenoxy) is 3. The molecular weight excluding hydrogens is 318 g/mol. The Morgan fingerprint density at radius 3 is 2.78 bits per heavy atom. The molecule has 0 spiro atoms. The van der Waals surface area contributed by atoms with Crippen molar-refractivity contribution in [3.63, 3.8) is 0 Å². The third kappa shape index (κ3) is 4.64. The molecule has 2 rings (SSSR count). The van der Waals surface area contributed by atoms with Crippen LogP contribution in [-0.4, -0.2) is 43.5 Å². The van der Waals surface area contributed by atoms with Crippen molar-refractivity contribution in [2.24, 2.45) is 0 Å². The van der Waals surface area contributed by atoms with Gasteiger partial charge in [-0.3, -0.25) is 10.1 Å². The quantitative estimate of drug-likeness (QED) is 0.745. The van der Waals surface area contributed by atoms with Crippen LogP contribution in [-0.2, 0) is 11.2 Å². The largest absolute Gasteiger partial charge is 0.497 e. The fourth-order valence-electron chi connectivity index (χ4n) is 1.86. The lowest BCUT2D eigenvalue weighted by Gasteiger charge is -2.09. The summed E-state index contributed by atoms with van der Waals surface area (Å²) in [6.45, 7) is 3.19. The fraction of sp³-hybridized carbons (Fsp3) is 0.400. The number of anilines is 1. The van der Waals surface area contributed by atoms with Gasteiger partial charge in [-0.1, -0.05) is 11.3 Å². The zero-order valence-corrected chi connectivity index (χ0v) is 14.1. The molecule has 0 atom stereocenters. The van der Waals surface area contributed by atoms with Crippen LogP contribution >= 0.6 is 11.3 Å². The number of amides is 1. The summed E-state index contributed by atoms with van der Waals surface area (Å²) in [6, 6.07) is 5.00. The number of carbonyl (C=O) groups is 1. The van der Waals surface area contributed by atoms with E-state index in [2.05, 4.69) is 15.5 Å². The van der Waals surface area contributed by atoms with Gasteiger partial charge in [0.25, 0.3) is 5.91 Å². The Morgan fingerprint density at radius 1 is 1.26 bits per heavy atom. The Balaban J connectivity index is 2.04. The van der Waals surface area contributed by atoms with E-state index in [0.717, 1.165) is 5.01 Å². The van der Waals surface area contributed by atoms with Crippen LogP contribution in [0.1, 0.15) is 22.3 Å². The number of nitrogens with one attached hydrogen (secondary N) is 1. The lowest BCUT2D eigenvalue weighted by atomic mass is 10.2. The van der Waals surface area contributed by atoms with Gasteiger partial charge < -0.3 is 14.2 Å². The average molecular weight is 337 g/mol. The zero-order chi connectivity index (χ0) is 16.7. The first-order valence-electron chi connectivity index (χ1n) is 7.11. The van der Waals surface area contributed by atoms with E-state index in [4.69, 9.17) is 14.2 Å². The standard InChI is InChI=1S/C15H19N3O4S/c1-4-22-8-7-13-17-18-15(23-13)16-14(19)11-6-5-10(20-2)9-12(11)21-3/h5-6,9H,4,7-8H2,1-3H3,(H,16,18,19). The molecule has 0 unspecified atom stereocenters. The molecule has 1 aromatic heterocycles. The van der Waals surface area contributed by atoms with E-state index in [1.54, 1.807) is 25.3 Å². The first-order chi connectivity index (χ1) is 11.2. The minimum absolute atomic E-state index is 0.308. The molecule has 0 aliphatic heterocycles. The summed E-state index contributed by atoms with van der Waals surface area (Å²) in [5.74, 6) is 0.743. The summed E-state index contributed by atoms with van der Waals surface area (Å²) in [5, 5.41) is 12.0. The summed E-state index contributed by atoms with van der Waals surface area (Å²) in [7, 11) is 3.06. The summed E-state index contributed by atoms with van der Waals surface area (Å²) in [6.07, 6.45) is 0.674. The van der Waals surface area contributed by atoms with Crippen LogP contribution in [0.3, 0.4) is 0 Å². The van der Waals surface area contributed by atoms with Gasteiger partial charge in [-0.15, -0.1) is 10.2 Å². The molecule has 1 amide bonds. The number of aromatic nitrogens is 2. The fourth-order valence-corrected chi connectivity index (χ4v) is 2.58. The van der Waals surface area contributed by atoms with Crippen molar-refractivity contribution < 1.29 is 19.0 Å². The maximum Gasteiger partial charge on any atom is 0.261 e. The van der Waals surface area contributed by atoms with E-state index >= 15 is 0 Å². The number of carbonyl (C=O) groups excluding carboxylic acids is 1. The lowest BCUT2D eigenvalue weighted by molar-refractivity contribution is 0.102. The van der Waals surface area contributed by atoms with E-state index in [-0.39, 0.29) is 5.91 Å². The van der Waals surface area contributed by atoms with Crippen LogP contribution in [0.4, 0.5) is 5.13 Å². The first kappa shape index (κ1) is 17.2. The average Bonchev–Trinajstić information content (AvgIpc) is 3.01. The number of hydrogen-bond donors (Lipinski definition) is 1. The summed E-state index contributed by atoms with van der Waals surface area (Å²) in [5.41, 5.74) is 0.402. The van der Waals surface area contributed by atoms with E-state index in [9.17, 15) is 4.79 Å². The van der Waals surface area contributed by atoms with Gasteiger partial charge in [0, 0.05) is 19.1 Å². The molecule has 1 N–H and O–H groups in total. The van der Waals surface area contributed by atoms with Crippen LogP contribution in [0.2, 0.25) is 0 Å². The first-order valence-corrected chi connectivity index (χ1v) is 7.93. The normalized spacial score (nSPS) is 10.4. The van der Waals surface area contributed by atoms with E-state index < -0.39 is 0 Å². The van der Waals surface area contributed by atoms with Crippen molar-refractivity contribution in [1.82, 2.24) is 10.2 Å². The van der Waals surface area contributed by atoms with Gasteiger partial charge in [0.05, 0.1) is 26.4 Å². The molecule has 0 radical (unpaired) electrons. The Labute approximate surface area is 138 Å². The monoisotopic (exact) mass is 337 g/mol. The van der Waals surface area contributed by atoms with Gasteiger partial charge in [-0.2, -0.15) is 0 Å². The van der Waals surface area contributed by atoms with Crippen LogP contribution in [0, 0.1) is 0 Å². The maximum absolute atomic E-state index is 12.3. The number of benzene rings is 1. The minimum Gasteiger partial charge on any atom is -0.497 e. The molecule has 0 saturated carbocycles. The number of nitrogens with zero attached hydrogens (tertiary/aromatic N) is 2. The molecule has 7 nitrogen and oxygen atoms in total. The highest BCUT2D eigenvalue weighted by molar-refractivity contribution is 7.15. The van der Waals surface area contributed by atoms with Crippen LogP contribution in [0.5, 0.6) is 11.5 Å². The topological polar surface area (TPSA) is 82.6 Å². The van der Waals surface area contributed by atoms with Crippen molar-refractivity contribution in [1.29, 1.82) is 0 Å². The third-order valence-electron chi connectivity index (χ3n) is 3.01. The summed E-state index contributed by atoms with van der Waals surface area (Å²) in [4.78, 5) is 12.3. The summed E-state index contributed by atoms with van der Waals surface area (Å²) < 4.78 is 15.6. The smallest absolute Gasteiger partial charge is 0.261 e. The molecule has 0 bridgehead atoms. The zero-order valence-electron chi connectivity index (χ0n) is 13.3. The highest BCUT2D eigenvalue weighted by Crippen LogP contribution is 2.26. The number of rotatable bonds is 8. The van der Waals surface area contributed by atoms with Gasteiger partial charge >= 0.3 is 0 Å². The highest BCUT2D eigenvalue weighted by atomic mass is 32.1. The maximum atomic E-state index is 12.3. The van der Waals surface area contributed by atoms with Crippen LogP contribution in [0.25, 0.3) is 0 Å². The molecular formula is C15H19N3O4S. The van der Waals surface area contributed by atoms with E-state index in [1.807, 2.05) is 6.92 Å². The molecule has 8 heteroatoms. The molecule has 0 aliphatic carbocycles. The highest BCUT2D eigenvalue weighted by Gasteiger charge is 2.15. The molecule has 2 aromatic rings. The molecule has 0 aliphatic rings. The second-order valence-corrected chi connectivity index (χ2v) is 5.53. The SMILES string of the molecule is CCOCCc1nnc(NC(=O)c2ccc(OC)cc2OC)s1. The van der Waals surface area contributed by atoms with Crippen molar-refractivity contribution in [2.75, 3.05) is 32.8 Å². The third-order valence-corrected chi connectivity index (χ3v) is 3.90. The Morgan fingerprint density at radius 2 is 2.09 bits per heavy atom. The van der Waals surface area contributed by atoms with Crippen LogP contribution < -0.4 is 14.8 Å². The van der Waals surface area contributed by atoms with Crippen molar-refractivity contribution >= 4 is 22.4 Å². The number of methoxy groups -OCH3 is 2. The summed E-state index contributed by atoms with van der Waals surface area (Å²) >= 11 is 1.33. The second-order valence-electron chi connectivity index (χ2n) is 4.47. The van der Waals surface area contributed by atoms with Gasteiger partial charge in [0.2, 0.25) is 5.13 Å². The Bertz CT molecular complexity index is 660. The van der Waals surface area contributed by atoms with Crippen molar-refractivity contribution in [3.05, 3.63) is 28.8 Å². The van der Waals surface area contributed by atoms with Gasteiger partial charge in [0.15, 0.2) is 0 Å². The molecule has 23 heavy (non-hydrogen) atoms. The van der Waals surface area contributed by atoms with Gasteiger partial charge in [-0.25, -0.2) is 0 Å². The molecule has 124 valence electrons. The lowest BCUT2D eigenvalue weighted by Crippen LogP contribution is -2.13. The van der Waals surface area contributed by atoms with Gasteiger partial charge in [-0.05, 0) is 19.1 Å². The van der Waals surface area contributed by atoms with Crippen LogP contribution in [0.15, 0.2) is 18.2 Å². The van der Waals surface area contributed by atoms with E-state index in [0.29, 0.717) is 41.8 Å². The Kier molecular flexibility index (Phi) is 6.30. The predicted molar refractivity (Wildman–Crippen MR) is 87.6 cm³/mol. The van der Waals surface area contributed by atoms with Crippen molar-refractivity contribution in [2.45, 2.75) is 13.3 Å². The van der Waals surface area contributed by atoms with Gasteiger partial charge in [0.1, 0.15) is 16.5 Å². The minimum atomic E-state index is -0.308. The molecule has 0 saturated heterocycles. The molecule has 0 fully saturated rings. The predicted octanol–water partition coefficient (Wildman–Crippen LogP) is 2.39. The molecule has 1 heterocycles. The van der Waals surface area contributed by atoms with E-state index in [1.165, 1.54) is 18.4 Å².